The maximum atomic E-state index is 3.81. The van der Waals surface area contributed by atoms with E-state index in [9.17, 15) is 0 Å². The van der Waals surface area contributed by atoms with Crippen molar-refractivity contribution >= 4 is 0 Å². The van der Waals surface area contributed by atoms with E-state index in [1.165, 1.54) is 5.57 Å². The second-order valence-electron chi connectivity index (χ2n) is 3.71. The molecule has 0 fully saturated rings. The van der Waals surface area contributed by atoms with Crippen molar-refractivity contribution in [3.63, 3.8) is 0 Å². The highest BCUT2D eigenvalue weighted by Gasteiger charge is 2.13. The predicted molar refractivity (Wildman–Crippen MR) is 64.0 cm³/mol. The Labute approximate surface area is 87.0 Å². The molecule has 0 aliphatic heterocycles. The number of allylic oxidation sites excluding steroid dienone is 8. The highest BCUT2D eigenvalue weighted by atomic mass is 14.2. The minimum absolute atomic E-state index is 0.586. The van der Waals surface area contributed by atoms with Crippen molar-refractivity contribution in [1.82, 2.24) is 0 Å². The third-order valence-corrected chi connectivity index (χ3v) is 2.59. The van der Waals surface area contributed by atoms with Crippen molar-refractivity contribution < 1.29 is 0 Å². The maximum absolute atomic E-state index is 3.81. The van der Waals surface area contributed by atoms with Gasteiger partial charge in [0.25, 0.3) is 0 Å². The molecule has 0 radical (unpaired) electrons. The average molecular weight is 186 g/mol. The Balaban J connectivity index is 2.54. The van der Waals surface area contributed by atoms with Crippen LogP contribution >= 0.6 is 0 Å². The monoisotopic (exact) mass is 186 g/mol. The summed E-state index contributed by atoms with van der Waals surface area (Å²) in [4.78, 5) is 0. The Morgan fingerprint density at radius 3 is 2.50 bits per heavy atom. The molecule has 0 aromatic heterocycles. The summed E-state index contributed by atoms with van der Waals surface area (Å²) in [6.07, 6.45) is 15.6. The first kappa shape index (κ1) is 10.8. The zero-order valence-electron chi connectivity index (χ0n) is 8.82. The average Bonchev–Trinajstić information content (AvgIpc) is 2.69. The second kappa shape index (κ2) is 5.43. The number of rotatable bonds is 5. The van der Waals surface area contributed by atoms with Gasteiger partial charge in [0, 0.05) is 0 Å². The Hall–Kier alpha value is -1.30. The van der Waals surface area contributed by atoms with Gasteiger partial charge in [-0.15, -0.1) is 0 Å². The lowest BCUT2D eigenvalue weighted by atomic mass is 9.89. The van der Waals surface area contributed by atoms with Crippen molar-refractivity contribution in [1.29, 1.82) is 0 Å². The first-order valence-corrected chi connectivity index (χ1v) is 5.07. The molecule has 74 valence electrons. The molecule has 1 unspecified atom stereocenters. The predicted octanol–water partition coefficient (Wildman–Crippen LogP) is 4.05. The van der Waals surface area contributed by atoms with Crippen molar-refractivity contribution in [3.8, 4) is 0 Å². The zero-order valence-corrected chi connectivity index (χ0v) is 8.82. The van der Waals surface area contributed by atoms with Crippen LogP contribution in [0.2, 0.25) is 0 Å². The molecule has 0 spiro atoms. The van der Waals surface area contributed by atoms with E-state index < -0.39 is 0 Å². The molecule has 1 aliphatic carbocycles. The fourth-order valence-electron chi connectivity index (χ4n) is 1.71. The third-order valence-electron chi connectivity index (χ3n) is 2.59. The van der Waals surface area contributed by atoms with E-state index in [4.69, 9.17) is 0 Å². The minimum Gasteiger partial charge on any atom is -0.0991 e. The standard InChI is InChI=1S/C14H18/c1-4-8-13(5-2)11-12(3)14-9-6-7-10-14/h4-10,12,14H,1-2,11H2,3H3/b13-8+. The van der Waals surface area contributed by atoms with Crippen LogP contribution in [0.25, 0.3) is 0 Å². The fraction of sp³-hybridized carbons (Fsp3) is 0.286. The third kappa shape index (κ3) is 2.88. The molecule has 0 heteroatoms. The van der Waals surface area contributed by atoms with Gasteiger partial charge in [-0.3, -0.25) is 0 Å². The summed E-state index contributed by atoms with van der Waals surface area (Å²) >= 11 is 0. The normalized spacial score (nSPS) is 18.5. The van der Waals surface area contributed by atoms with E-state index in [2.05, 4.69) is 44.4 Å². The topological polar surface area (TPSA) is 0 Å². The Bertz CT molecular complexity index is 277. The van der Waals surface area contributed by atoms with E-state index in [1.54, 1.807) is 0 Å². The minimum atomic E-state index is 0.586. The van der Waals surface area contributed by atoms with Gasteiger partial charge in [-0.05, 0) is 23.8 Å². The molecule has 0 bridgehead atoms. The quantitative estimate of drug-likeness (QED) is 0.568. The Morgan fingerprint density at radius 2 is 2.00 bits per heavy atom. The molecule has 0 N–H and O–H groups in total. The molecule has 0 aromatic carbocycles. The van der Waals surface area contributed by atoms with Crippen LogP contribution in [0.4, 0.5) is 0 Å². The van der Waals surface area contributed by atoms with E-state index in [1.807, 2.05) is 18.2 Å². The smallest absolute Gasteiger partial charge is 0.00184 e. The van der Waals surface area contributed by atoms with Crippen LogP contribution in [-0.2, 0) is 0 Å². The van der Waals surface area contributed by atoms with Crippen molar-refractivity contribution in [2.75, 3.05) is 0 Å². The molecule has 0 saturated carbocycles. The lowest BCUT2D eigenvalue weighted by Crippen LogP contribution is -2.05. The molecular weight excluding hydrogens is 168 g/mol. The van der Waals surface area contributed by atoms with Gasteiger partial charge in [-0.1, -0.05) is 62.6 Å². The SMILES string of the molecule is C=C/C=C(\C=C)CC(C)C1C=CC=C1. The van der Waals surface area contributed by atoms with E-state index in [-0.39, 0.29) is 0 Å². The molecule has 0 saturated heterocycles. The van der Waals surface area contributed by atoms with Crippen LogP contribution in [0.15, 0.2) is 61.3 Å². The summed E-state index contributed by atoms with van der Waals surface area (Å²) < 4.78 is 0. The van der Waals surface area contributed by atoms with Crippen LogP contribution in [-0.4, -0.2) is 0 Å². The van der Waals surface area contributed by atoms with Gasteiger partial charge >= 0.3 is 0 Å². The number of hydrogen-bond donors (Lipinski definition) is 0. The summed E-state index contributed by atoms with van der Waals surface area (Å²) in [5, 5.41) is 0. The van der Waals surface area contributed by atoms with Gasteiger partial charge in [0.2, 0.25) is 0 Å². The van der Waals surface area contributed by atoms with Gasteiger partial charge < -0.3 is 0 Å². The van der Waals surface area contributed by atoms with Crippen molar-refractivity contribution in [3.05, 3.63) is 61.3 Å². The van der Waals surface area contributed by atoms with Gasteiger partial charge in [0.1, 0.15) is 0 Å². The molecule has 0 nitrogen and oxygen atoms in total. The van der Waals surface area contributed by atoms with E-state index >= 15 is 0 Å². The van der Waals surface area contributed by atoms with Gasteiger partial charge in [-0.2, -0.15) is 0 Å². The highest BCUT2D eigenvalue weighted by molar-refractivity contribution is 5.24. The first-order valence-electron chi connectivity index (χ1n) is 5.07. The Kier molecular flexibility index (Phi) is 4.18. The highest BCUT2D eigenvalue weighted by Crippen LogP contribution is 2.25. The van der Waals surface area contributed by atoms with Crippen LogP contribution in [0.1, 0.15) is 13.3 Å². The lowest BCUT2D eigenvalue weighted by Gasteiger charge is -2.16. The summed E-state index contributed by atoms with van der Waals surface area (Å²) in [5.74, 6) is 1.22. The summed E-state index contributed by atoms with van der Waals surface area (Å²) in [6, 6.07) is 0. The van der Waals surface area contributed by atoms with Gasteiger partial charge in [0.05, 0.1) is 0 Å². The van der Waals surface area contributed by atoms with Gasteiger partial charge in [0.15, 0.2) is 0 Å². The molecule has 0 aromatic rings. The second-order valence-corrected chi connectivity index (χ2v) is 3.71. The largest absolute Gasteiger partial charge is 0.0991 e. The maximum Gasteiger partial charge on any atom is -0.00184 e. The van der Waals surface area contributed by atoms with Crippen molar-refractivity contribution in [2.24, 2.45) is 11.8 Å². The molecular formula is C14H18. The summed E-state index contributed by atoms with van der Waals surface area (Å²) in [7, 11) is 0. The Morgan fingerprint density at radius 1 is 1.36 bits per heavy atom. The van der Waals surface area contributed by atoms with Crippen LogP contribution in [0.5, 0.6) is 0 Å². The van der Waals surface area contributed by atoms with E-state index in [0.29, 0.717) is 11.8 Å². The molecule has 14 heavy (non-hydrogen) atoms. The van der Waals surface area contributed by atoms with E-state index in [0.717, 1.165) is 6.42 Å². The molecule has 0 amide bonds. The van der Waals surface area contributed by atoms with Crippen LogP contribution in [0.3, 0.4) is 0 Å². The lowest BCUT2D eigenvalue weighted by molar-refractivity contribution is 0.502. The first-order chi connectivity index (χ1) is 6.77. The fourth-order valence-corrected chi connectivity index (χ4v) is 1.71. The van der Waals surface area contributed by atoms with Crippen LogP contribution in [0, 0.1) is 11.8 Å². The molecule has 0 heterocycles. The summed E-state index contributed by atoms with van der Waals surface area (Å²) in [5.41, 5.74) is 1.27. The molecule has 1 aliphatic rings. The van der Waals surface area contributed by atoms with Gasteiger partial charge in [-0.25, -0.2) is 0 Å². The zero-order chi connectivity index (χ0) is 10.4. The number of hydrogen-bond acceptors (Lipinski definition) is 0. The summed E-state index contributed by atoms with van der Waals surface area (Å²) in [6.45, 7) is 9.78. The van der Waals surface area contributed by atoms with Crippen molar-refractivity contribution in [2.45, 2.75) is 13.3 Å². The molecule has 1 rings (SSSR count). The molecule has 1 atom stereocenters. The van der Waals surface area contributed by atoms with Crippen LogP contribution < -0.4 is 0 Å².